The van der Waals surface area contributed by atoms with E-state index >= 15 is 0 Å². The van der Waals surface area contributed by atoms with Crippen LogP contribution in [0.2, 0.25) is 0 Å². The van der Waals surface area contributed by atoms with Crippen LogP contribution in [-0.2, 0) is 0 Å². The van der Waals surface area contributed by atoms with Gasteiger partial charge in [-0.2, -0.15) is 0 Å². The van der Waals surface area contributed by atoms with E-state index in [1.807, 2.05) is 49.4 Å². The number of para-hydroxylation sites is 1. The molecule has 23 heavy (non-hydrogen) atoms. The highest BCUT2D eigenvalue weighted by Crippen LogP contribution is 2.36. The summed E-state index contributed by atoms with van der Waals surface area (Å²) in [6, 6.07) is 13.3. The van der Waals surface area contributed by atoms with Crippen LogP contribution >= 0.6 is 28.1 Å². The number of nitrogens with one attached hydrogen (secondary N) is 2. The molecule has 0 saturated heterocycles. The molecule has 3 N–H and O–H groups in total. The van der Waals surface area contributed by atoms with Crippen LogP contribution in [0, 0.1) is 6.92 Å². The third kappa shape index (κ3) is 3.40. The molecule has 0 aliphatic carbocycles. The number of benzene rings is 2. The molecule has 3 aromatic rings. The van der Waals surface area contributed by atoms with Crippen molar-refractivity contribution in [3.63, 3.8) is 0 Å². The molecule has 3 rings (SSSR count). The lowest BCUT2D eigenvalue weighted by molar-refractivity contribution is 0.459. The van der Waals surface area contributed by atoms with Gasteiger partial charge < -0.3 is 15.4 Å². The maximum absolute atomic E-state index is 10.0. The fraction of sp³-hybridized carbons (Fsp3) is 0.0625. The molecular formula is C16H13BrN4OS. The van der Waals surface area contributed by atoms with Crippen LogP contribution in [0.15, 0.2) is 57.2 Å². The van der Waals surface area contributed by atoms with Crippen LogP contribution in [0.4, 0.5) is 11.4 Å². The zero-order valence-electron chi connectivity index (χ0n) is 12.2. The topological polar surface area (TPSA) is 72.8 Å². The molecule has 1 heterocycles. The van der Waals surface area contributed by atoms with Gasteiger partial charge in [-0.3, -0.25) is 0 Å². The van der Waals surface area contributed by atoms with E-state index in [1.54, 1.807) is 0 Å². The van der Waals surface area contributed by atoms with Crippen molar-refractivity contribution >= 4 is 55.5 Å². The van der Waals surface area contributed by atoms with E-state index in [9.17, 15) is 5.11 Å². The Labute approximate surface area is 146 Å². The van der Waals surface area contributed by atoms with Gasteiger partial charge in [0.15, 0.2) is 5.69 Å². The van der Waals surface area contributed by atoms with E-state index in [4.69, 9.17) is 12.2 Å². The molecule has 0 radical (unpaired) electrons. The van der Waals surface area contributed by atoms with Crippen LogP contribution < -0.4 is 5.32 Å². The first-order chi connectivity index (χ1) is 11.0. The second-order valence-electron chi connectivity index (χ2n) is 4.96. The molecule has 0 saturated carbocycles. The predicted octanol–water partition coefficient (Wildman–Crippen LogP) is 5.43. The number of halogens is 1. The van der Waals surface area contributed by atoms with E-state index in [-0.39, 0.29) is 11.0 Å². The third-order valence-electron chi connectivity index (χ3n) is 3.31. The highest BCUT2D eigenvalue weighted by Gasteiger charge is 2.11. The van der Waals surface area contributed by atoms with Gasteiger partial charge in [-0.25, -0.2) is 0 Å². The Hall–Kier alpha value is -2.25. The van der Waals surface area contributed by atoms with Crippen molar-refractivity contribution in [2.24, 2.45) is 10.2 Å². The fourth-order valence-corrected chi connectivity index (χ4v) is 2.81. The van der Waals surface area contributed by atoms with Gasteiger partial charge >= 0.3 is 0 Å². The van der Waals surface area contributed by atoms with Crippen LogP contribution in [-0.4, -0.2) is 15.2 Å². The Kier molecular flexibility index (Phi) is 4.40. The number of H-pyrrole nitrogens is 1. The first kappa shape index (κ1) is 15.6. The number of hydrogen-bond donors (Lipinski definition) is 3. The van der Waals surface area contributed by atoms with Gasteiger partial charge in [0.05, 0.1) is 5.52 Å². The molecule has 5 nitrogen and oxygen atoms in total. The maximum Gasteiger partial charge on any atom is 0.218 e. The summed E-state index contributed by atoms with van der Waals surface area (Å²) >= 11 is 8.56. The Morgan fingerprint density at radius 1 is 1.26 bits per heavy atom. The standard InChI is InChI=1S/C16H13BrN4OS/c1-9-4-2-7-12-13(9)19-15(22)14(12)20-21-16(23)18-11-6-3-5-10(17)8-11/h2-8,19,22H,1H3,(H,18,23). The largest absolute Gasteiger partial charge is 0.493 e. The number of aromatic amines is 1. The summed E-state index contributed by atoms with van der Waals surface area (Å²) in [6.07, 6.45) is 0. The molecule has 116 valence electrons. The number of aromatic hydroxyl groups is 1. The molecule has 0 amide bonds. The number of nitrogens with zero attached hydrogens (tertiary/aromatic N) is 2. The number of hydrogen-bond acceptors (Lipinski definition) is 3. The Morgan fingerprint density at radius 2 is 2.04 bits per heavy atom. The molecule has 0 aliphatic heterocycles. The number of rotatable bonds is 2. The SMILES string of the molecule is Cc1cccc2c(N=NC(=S)Nc3cccc(Br)c3)c(O)[nH]c12. The highest BCUT2D eigenvalue weighted by molar-refractivity contribution is 9.10. The van der Waals surface area contributed by atoms with Gasteiger partial charge in [0.1, 0.15) is 0 Å². The molecular weight excluding hydrogens is 376 g/mol. The minimum absolute atomic E-state index is 0.0247. The van der Waals surface area contributed by atoms with Crippen molar-refractivity contribution in [1.82, 2.24) is 4.98 Å². The smallest absolute Gasteiger partial charge is 0.218 e. The second kappa shape index (κ2) is 6.47. The average molecular weight is 389 g/mol. The predicted molar refractivity (Wildman–Crippen MR) is 99.6 cm³/mol. The normalized spacial score (nSPS) is 11.2. The monoisotopic (exact) mass is 388 g/mol. The van der Waals surface area contributed by atoms with Gasteiger partial charge in [0, 0.05) is 15.5 Å². The summed E-state index contributed by atoms with van der Waals surface area (Å²) in [7, 11) is 0. The average Bonchev–Trinajstić information content (AvgIpc) is 2.82. The van der Waals surface area contributed by atoms with Crippen molar-refractivity contribution in [1.29, 1.82) is 0 Å². The molecule has 0 aliphatic rings. The summed E-state index contributed by atoms with van der Waals surface area (Å²) in [6.45, 7) is 1.96. The second-order valence-corrected chi connectivity index (χ2v) is 6.26. The van der Waals surface area contributed by atoms with E-state index < -0.39 is 0 Å². The first-order valence-electron chi connectivity index (χ1n) is 6.83. The fourth-order valence-electron chi connectivity index (χ4n) is 2.25. The van der Waals surface area contributed by atoms with Crippen molar-refractivity contribution < 1.29 is 5.11 Å². The molecule has 7 heteroatoms. The molecule has 0 spiro atoms. The Morgan fingerprint density at radius 3 is 2.83 bits per heavy atom. The van der Waals surface area contributed by atoms with Gasteiger partial charge in [-0.15, -0.1) is 10.2 Å². The summed E-state index contributed by atoms with van der Waals surface area (Å²) in [5.74, 6) is -0.0247. The van der Waals surface area contributed by atoms with E-state index in [2.05, 4.69) is 36.5 Å². The van der Waals surface area contributed by atoms with Crippen molar-refractivity contribution in [3.8, 4) is 5.88 Å². The number of fused-ring (bicyclic) bond motifs is 1. The summed E-state index contributed by atoms with van der Waals surface area (Å²) in [5, 5.41) is 22.1. The minimum atomic E-state index is -0.0247. The molecule has 2 aromatic carbocycles. The minimum Gasteiger partial charge on any atom is -0.493 e. The maximum atomic E-state index is 10.0. The number of azo groups is 1. The molecule has 0 bridgehead atoms. The zero-order valence-corrected chi connectivity index (χ0v) is 14.6. The number of anilines is 1. The molecule has 1 aromatic heterocycles. The Balaban J connectivity index is 1.84. The van der Waals surface area contributed by atoms with E-state index in [0.29, 0.717) is 5.69 Å². The van der Waals surface area contributed by atoms with Crippen LogP contribution in [0.1, 0.15) is 5.56 Å². The van der Waals surface area contributed by atoms with E-state index in [1.165, 1.54) is 0 Å². The number of aromatic nitrogens is 1. The highest BCUT2D eigenvalue weighted by atomic mass is 79.9. The summed E-state index contributed by atoms with van der Waals surface area (Å²) in [5.41, 5.74) is 3.04. The number of thiocarbonyl (C=S) groups is 1. The van der Waals surface area contributed by atoms with Gasteiger partial charge in [0.25, 0.3) is 0 Å². The lowest BCUT2D eigenvalue weighted by Gasteiger charge is -2.03. The molecule has 0 atom stereocenters. The van der Waals surface area contributed by atoms with Crippen molar-refractivity contribution in [3.05, 3.63) is 52.5 Å². The Bertz CT molecular complexity index is 920. The lowest BCUT2D eigenvalue weighted by Crippen LogP contribution is -2.04. The number of aryl methyl sites for hydroxylation is 1. The van der Waals surface area contributed by atoms with Crippen LogP contribution in [0.5, 0.6) is 5.88 Å². The summed E-state index contributed by atoms with van der Waals surface area (Å²) < 4.78 is 0.937. The van der Waals surface area contributed by atoms with Gasteiger partial charge in [-0.1, -0.05) is 40.2 Å². The quantitative estimate of drug-likeness (QED) is 0.405. The molecule has 0 fully saturated rings. The van der Waals surface area contributed by atoms with Gasteiger partial charge in [-0.05, 0) is 42.9 Å². The van der Waals surface area contributed by atoms with Crippen molar-refractivity contribution in [2.45, 2.75) is 6.92 Å². The lowest BCUT2D eigenvalue weighted by atomic mass is 10.1. The first-order valence-corrected chi connectivity index (χ1v) is 8.03. The van der Waals surface area contributed by atoms with Gasteiger partial charge in [0.2, 0.25) is 11.0 Å². The molecule has 0 unspecified atom stereocenters. The van der Waals surface area contributed by atoms with E-state index in [0.717, 1.165) is 26.6 Å². The van der Waals surface area contributed by atoms with Crippen LogP contribution in [0.3, 0.4) is 0 Å². The third-order valence-corrected chi connectivity index (χ3v) is 3.99. The zero-order chi connectivity index (χ0) is 16.4. The van der Waals surface area contributed by atoms with Crippen molar-refractivity contribution in [2.75, 3.05) is 5.32 Å². The summed E-state index contributed by atoms with van der Waals surface area (Å²) in [4.78, 5) is 2.91. The van der Waals surface area contributed by atoms with Crippen LogP contribution in [0.25, 0.3) is 10.9 Å².